The minimum absolute atomic E-state index is 0.241. The number of halogens is 1. The minimum atomic E-state index is -0.456. The van der Waals surface area contributed by atoms with E-state index in [1.165, 1.54) is 0 Å². The number of piperidine rings is 1. The first-order valence-electron chi connectivity index (χ1n) is 7.11. The van der Waals surface area contributed by atoms with Crippen molar-refractivity contribution in [3.63, 3.8) is 0 Å². The van der Waals surface area contributed by atoms with Crippen LogP contribution in [0.15, 0.2) is 0 Å². The van der Waals surface area contributed by atoms with Gasteiger partial charge in [-0.05, 0) is 58.4 Å². The van der Waals surface area contributed by atoms with Crippen LogP contribution in [0.1, 0.15) is 40.0 Å². The normalized spacial score (nSPS) is 19.3. The van der Waals surface area contributed by atoms with Crippen molar-refractivity contribution in [3.05, 3.63) is 0 Å². The Hall–Kier alpha value is -0.840. The predicted molar refractivity (Wildman–Crippen MR) is 73.7 cm³/mol. The lowest BCUT2D eigenvalue weighted by atomic mass is 9.83. The van der Waals surface area contributed by atoms with Crippen molar-refractivity contribution in [1.82, 2.24) is 4.90 Å². The number of carbonyl (C=O) groups is 1. The molecule has 1 fully saturated rings. The monoisotopic (exact) mass is 274 g/mol. The summed E-state index contributed by atoms with van der Waals surface area (Å²) in [4.78, 5) is 13.6. The van der Waals surface area contributed by atoms with Gasteiger partial charge in [0.1, 0.15) is 5.60 Å². The first-order chi connectivity index (χ1) is 8.87. The van der Waals surface area contributed by atoms with Gasteiger partial charge in [-0.15, -0.1) is 0 Å². The van der Waals surface area contributed by atoms with E-state index >= 15 is 0 Å². The number of ether oxygens (including phenoxy) is 1. The average Bonchev–Trinajstić information content (AvgIpc) is 2.34. The highest BCUT2D eigenvalue weighted by atomic mass is 19.1. The van der Waals surface area contributed by atoms with E-state index in [0.29, 0.717) is 32.0 Å². The van der Waals surface area contributed by atoms with Crippen molar-refractivity contribution >= 4 is 6.09 Å². The lowest BCUT2D eigenvalue weighted by molar-refractivity contribution is 0.0157. The van der Waals surface area contributed by atoms with Gasteiger partial charge in [-0.25, -0.2) is 4.79 Å². The zero-order chi connectivity index (χ0) is 14.5. The van der Waals surface area contributed by atoms with E-state index in [2.05, 4.69) is 0 Å². The van der Waals surface area contributed by atoms with Gasteiger partial charge in [0.05, 0.1) is 6.67 Å². The number of likely N-dealkylation sites (tertiary alicyclic amines) is 1. The summed E-state index contributed by atoms with van der Waals surface area (Å²) in [6.45, 7) is 7.18. The number of hydrogen-bond donors (Lipinski definition) is 1. The molecule has 1 saturated heterocycles. The van der Waals surface area contributed by atoms with Crippen molar-refractivity contribution in [3.8, 4) is 0 Å². The molecular weight excluding hydrogens is 247 g/mol. The molecule has 1 aliphatic heterocycles. The summed E-state index contributed by atoms with van der Waals surface area (Å²) in [5, 5.41) is 0. The van der Waals surface area contributed by atoms with Gasteiger partial charge in [-0.3, -0.25) is 4.39 Å². The second kappa shape index (κ2) is 7.08. The Kier molecular flexibility index (Phi) is 6.04. The maximum atomic E-state index is 12.4. The van der Waals surface area contributed by atoms with E-state index in [9.17, 15) is 9.18 Å². The molecule has 0 aromatic rings. The second-order valence-electron chi connectivity index (χ2n) is 6.28. The van der Waals surface area contributed by atoms with Crippen molar-refractivity contribution in [2.45, 2.75) is 45.6 Å². The quantitative estimate of drug-likeness (QED) is 0.857. The van der Waals surface area contributed by atoms with Crippen LogP contribution in [0.25, 0.3) is 0 Å². The van der Waals surface area contributed by atoms with Gasteiger partial charge in [0.25, 0.3) is 0 Å². The van der Waals surface area contributed by atoms with Crippen molar-refractivity contribution in [2.75, 3.05) is 26.3 Å². The maximum Gasteiger partial charge on any atom is 0.410 e. The molecule has 0 radical (unpaired) electrons. The number of amides is 1. The smallest absolute Gasteiger partial charge is 0.410 e. The highest BCUT2D eigenvalue weighted by Crippen LogP contribution is 2.27. The van der Waals surface area contributed by atoms with Crippen LogP contribution in [0.5, 0.6) is 0 Å². The highest BCUT2D eigenvalue weighted by molar-refractivity contribution is 5.68. The van der Waals surface area contributed by atoms with Crippen molar-refractivity contribution in [2.24, 2.45) is 17.6 Å². The average molecular weight is 274 g/mol. The fourth-order valence-electron chi connectivity index (χ4n) is 2.57. The van der Waals surface area contributed by atoms with Crippen LogP contribution < -0.4 is 5.73 Å². The SMILES string of the molecule is CC(C)(C)OC(=O)N1CCC(C(CN)CCF)CC1. The molecule has 1 rings (SSSR count). The zero-order valence-electron chi connectivity index (χ0n) is 12.3. The zero-order valence-corrected chi connectivity index (χ0v) is 12.3. The number of hydrogen-bond acceptors (Lipinski definition) is 3. The number of rotatable bonds is 4. The summed E-state index contributed by atoms with van der Waals surface area (Å²) >= 11 is 0. The van der Waals surface area contributed by atoms with Gasteiger partial charge in [0.2, 0.25) is 0 Å². The molecule has 5 heteroatoms. The van der Waals surface area contributed by atoms with Crippen LogP contribution in [-0.2, 0) is 4.74 Å². The molecule has 2 N–H and O–H groups in total. The molecule has 112 valence electrons. The number of alkyl halides is 1. The number of nitrogens with two attached hydrogens (primary N) is 1. The molecule has 4 nitrogen and oxygen atoms in total. The van der Waals surface area contributed by atoms with Gasteiger partial charge in [-0.2, -0.15) is 0 Å². The van der Waals surface area contributed by atoms with Crippen LogP contribution in [0.3, 0.4) is 0 Å². The molecule has 1 unspecified atom stereocenters. The van der Waals surface area contributed by atoms with Crippen LogP contribution >= 0.6 is 0 Å². The number of nitrogens with zero attached hydrogens (tertiary/aromatic N) is 1. The van der Waals surface area contributed by atoms with Gasteiger partial charge in [0, 0.05) is 13.1 Å². The van der Waals surface area contributed by atoms with E-state index in [4.69, 9.17) is 10.5 Å². The molecule has 1 heterocycles. The van der Waals surface area contributed by atoms with Crippen LogP contribution in [0, 0.1) is 11.8 Å². The lowest BCUT2D eigenvalue weighted by Crippen LogP contribution is -2.43. The van der Waals surface area contributed by atoms with Gasteiger partial charge >= 0.3 is 6.09 Å². The molecule has 1 atom stereocenters. The molecule has 19 heavy (non-hydrogen) atoms. The minimum Gasteiger partial charge on any atom is -0.444 e. The van der Waals surface area contributed by atoms with E-state index < -0.39 is 5.60 Å². The fraction of sp³-hybridized carbons (Fsp3) is 0.929. The van der Waals surface area contributed by atoms with E-state index in [0.717, 1.165) is 12.8 Å². The first-order valence-corrected chi connectivity index (χ1v) is 7.11. The van der Waals surface area contributed by atoms with Crippen LogP contribution in [0.4, 0.5) is 9.18 Å². The van der Waals surface area contributed by atoms with Gasteiger partial charge < -0.3 is 15.4 Å². The third kappa shape index (κ3) is 5.35. The largest absolute Gasteiger partial charge is 0.444 e. The molecule has 0 aliphatic carbocycles. The Balaban J connectivity index is 2.42. The third-order valence-corrected chi connectivity index (χ3v) is 3.64. The van der Waals surface area contributed by atoms with E-state index in [-0.39, 0.29) is 18.7 Å². The van der Waals surface area contributed by atoms with Gasteiger partial charge in [-0.1, -0.05) is 0 Å². The molecule has 0 bridgehead atoms. The fourth-order valence-corrected chi connectivity index (χ4v) is 2.57. The lowest BCUT2D eigenvalue weighted by Gasteiger charge is -2.36. The van der Waals surface area contributed by atoms with Crippen LogP contribution in [-0.4, -0.2) is 42.9 Å². The summed E-state index contributed by atoms with van der Waals surface area (Å²) in [5.41, 5.74) is 5.24. The summed E-state index contributed by atoms with van der Waals surface area (Å²) in [5.74, 6) is 0.672. The molecule has 0 aromatic carbocycles. The van der Waals surface area contributed by atoms with Crippen molar-refractivity contribution < 1.29 is 13.9 Å². The maximum absolute atomic E-state index is 12.4. The standard InChI is InChI=1S/C14H27FN2O2/c1-14(2,3)19-13(18)17-8-5-11(6-9-17)12(10-16)4-7-15/h11-12H,4-10,16H2,1-3H3. The Labute approximate surface area is 115 Å². The topological polar surface area (TPSA) is 55.6 Å². The molecule has 0 spiro atoms. The third-order valence-electron chi connectivity index (χ3n) is 3.64. The molecule has 1 aliphatic rings. The summed E-state index contributed by atoms with van der Waals surface area (Å²) in [6, 6.07) is 0. The molecule has 1 amide bonds. The Morgan fingerprint density at radius 2 is 2.00 bits per heavy atom. The summed E-state index contributed by atoms with van der Waals surface area (Å²) in [6.07, 6.45) is 2.07. The van der Waals surface area contributed by atoms with E-state index in [1.807, 2.05) is 20.8 Å². The van der Waals surface area contributed by atoms with Gasteiger partial charge in [0.15, 0.2) is 0 Å². The Morgan fingerprint density at radius 1 is 1.42 bits per heavy atom. The molecule has 0 saturated carbocycles. The molecular formula is C14H27FN2O2. The van der Waals surface area contributed by atoms with Crippen molar-refractivity contribution in [1.29, 1.82) is 0 Å². The second-order valence-corrected chi connectivity index (χ2v) is 6.28. The summed E-state index contributed by atoms with van der Waals surface area (Å²) in [7, 11) is 0. The first kappa shape index (κ1) is 16.2. The predicted octanol–water partition coefficient (Wildman–Crippen LogP) is 2.57. The Bertz CT molecular complexity index is 284. The summed E-state index contributed by atoms with van der Waals surface area (Å²) < 4.78 is 17.8. The number of carbonyl (C=O) groups excluding carboxylic acids is 1. The van der Waals surface area contributed by atoms with E-state index in [1.54, 1.807) is 4.90 Å². The molecule has 0 aromatic heterocycles. The highest BCUT2D eigenvalue weighted by Gasteiger charge is 2.29. The Morgan fingerprint density at radius 3 is 2.42 bits per heavy atom. The van der Waals surface area contributed by atoms with Crippen LogP contribution in [0.2, 0.25) is 0 Å².